The quantitative estimate of drug-likeness (QED) is 0.820. The molecule has 1 saturated carbocycles. The predicted molar refractivity (Wildman–Crippen MR) is 61.6 cm³/mol. The Kier molecular flexibility index (Phi) is 3.07. The standard InChI is InChI=1S/C11H16N2OS/c12-11(4-1-2-5-11)10(14)13-7-9-3-6-15-8-9/h3,6,8H,1-2,4-5,7,12H2,(H,13,14). The molecule has 0 saturated heterocycles. The van der Waals surface area contributed by atoms with Gasteiger partial charge in [-0.25, -0.2) is 0 Å². The fourth-order valence-corrected chi connectivity index (χ4v) is 2.65. The first-order valence-corrected chi connectivity index (χ1v) is 6.23. The van der Waals surface area contributed by atoms with Crippen LogP contribution >= 0.6 is 11.3 Å². The normalized spacial score (nSPS) is 19.0. The van der Waals surface area contributed by atoms with Crippen molar-refractivity contribution >= 4 is 17.2 Å². The number of carbonyl (C=O) groups excluding carboxylic acids is 1. The average molecular weight is 224 g/mol. The molecule has 4 heteroatoms. The van der Waals surface area contributed by atoms with E-state index in [1.165, 1.54) is 0 Å². The van der Waals surface area contributed by atoms with Crippen LogP contribution in [0.4, 0.5) is 0 Å². The summed E-state index contributed by atoms with van der Waals surface area (Å²) in [5.74, 6) is 0.00574. The van der Waals surface area contributed by atoms with Gasteiger partial charge in [0.1, 0.15) is 0 Å². The Hall–Kier alpha value is -0.870. The van der Waals surface area contributed by atoms with Crippen molar-refractivity contribution in [3.05, 3.63) is 22.4 Å². The van der Waals surface area contributed by atoms with Crippen molar-refractivity contribution in [1.29, 1.82) is 0 Å². The van der Waals surface area contributed by atoms with Gasteiger partial charge in [-0.1, -0.05) is 12.8 Å². The Balaban J connectivity index is 1.87. The lowest BCUT2D eigenvalue weighted by atomic mass is 9.98. The van der Waals surface area contributed by atoms with Gasteiger partial charge in [-0.05, 0) is 35.2 Å². The van der Waals surface area contributed by atoms with E-state index in [0.29, 0.717) is 6.54 Å². The third-order valence-electron chi connectivity index (χ3n) is 2.98. The molecule has 1 aromatic heterocycles. The molecule has 2 rings (SSSR count). The van der Waals surface area contributed by atoms with Crippen molar-refractivity contribution in [3.8, 4) is 0 Å². The van der Waals surface area contributed by atoms with E-state index >= 15 is 0 Å². The summed E-state index contributed by atoms with van der Waals surface area (Å²) >= 11 is 1.64. The monoisotopic (exact) mass is 224 g/mol. The van der Waals surface area contributed by atoms with E-state index in [4.69, 9.17) is 5.73 Å². The third kappa shape index (κ3) is 2.38. The van der Waals surface area contributed by atoms with Gasteiger partial charge in [0.25, 0.3) is 0 Å². The van der Waals surface area contributed by atoms with E-state index in [1.807, 2.05) is 16.8 Å². The highest BCUT2D eigenvalue weighted by Crippen LogP contribution is 2.27. The van der Waals surface area contributed by atoms with E-state index in [2.05, 4.69) is 5.32 Å². The molecule has 82 valence electrons. The summed E-state index contributed by atoms with van der Waals surface area (Å²) in [6, 6.07) is 2.02. The number of hydrogen-bond acceptors (Lipinski definition) is 3. The summed E-state index contributed by atoms with van der Waals surface area (Å²) in [5.41, 5.74) is 6.58. The second kappa shape index (κ2) is 4.33. The average Bonchev–Trinajstić information content (AvgIpc) is 2.85. The van der Waals surface area contributed by atoms with Gasteiger partial charge in [0.05, 0.1) is 5.54 Å². The summed E-state index contributed by atoms with van der Waals surface area (Å²) < 4.78 is 0. The lowest BCUT2D eigenvalue weighted by molar-refractivity contribution is -0.126. The van der Waals surface area contributed by atoms with Crippen molar-refractivity contribution < 1.29 is 4.79 Å². The Labute approximate surface area is 93.7 Å². The maximum atomic E-state index is 11.8. The zero-order valence-corrected chi connectivity index (χ0v) is 9.48. The first kappa shape index (κ1) is 10.6. The minimum atomic E-state index is -0.601. The van der Waals surface area contributed by atoms with Crippen molar-refractivity contribution in [3.63, 3.8) is 0 Å². The van der Waals surface area contributed by atoms with Gasteiger partial charge < -0.3 is 11.1 Å². The molecule has 15 heavy (non-hydrogen) atoms. The summed E-state index contributed by atoms with van der Waals surface area (Å²) in [6.45, 7) is 0.598. The molecule has 0 unspecified atom stereocenters. The largest absolute Gasteiger partial charge is 0.350 e. The zero-order valence-electron chi connectivity index (χ0n) is 8.66. The van der Waals surface area contributed by atoms with Gasteiger partial charge in [0.15, 0.2) is 0 Å². The Morgan fingerprint density at radius 1 is 1.53 bits per heavy atom. The summed E-state index contributed by atoms with van der Waals surface area (Å²) in [7, 11) is 0. The highest BCUT2D eigenvalue weighted by Gasteiger charge is 2.36. The van der Waals surface area contributed by atoms with Crippen LogP contribution in [0.25, 0.3) is 0 Å². The SMILES string of the molecule is NC1(C(=O)NCc2ccsc2)CCCC1. The van der Waals surface area contributed by atoms with Gasteiger partial charge >= 0.3 is 0 Å². The van der Waals surface area contributed by atoms with Crippen LogP contribution in [0.3, 0.4) is 0 Å². The predicted octanol–water partition coefficient (Wildman–Crippen LogP) is 1.64. The van der Waals surface area contributed by atoms with Crippen LogP contribution in [0.1, 0.15) is 31.2 Å². The molecule has 0 aromatic carbocycles. The Morgan fingerprint density at radius 2 is 2.27 bits per heavy atom. The number of amides is 1. The lowest BCUT2D eigenvalue weighted by Gasteiger charge is -2.21. The first-order chi connectivity index (χ1) is 7.21. The molecule has 1 aromatic rings. The highest BCUT2D eigenvalue weighted by molar-refractivity contribution is 7.07. The first-order valence-electron chi connectivity index (χ1n) is 5.29. The molecule has 0 bridgehead atoms. The van der Waals surface area contributed by atoms with E-state index in [1.54, 1.807) is 11.3 Å². The zero-order chi connectivity index (χ0) is 10.7. The van der Waals surface area contributed by atoms with Crippen molar-refractivity contribution in [2.45, 2.75) is 37.8 Å². The van der Waals surface area contributed by atoms with Crippen molar-refractivity contribution in [2.75, 3.05) is 0 Å². The smallest absolute Gasteiger partial charge is 0.240 e. The fraction of sp³-hybridized carbons (Fsp3) is 0.545. The van der Waals surface area contributed by atoms with Crippen molar-refractivity contribution in [2.24, 2.45) is 5.73 Å². The van der Waals surface area contributed by atoms with E-state index in [-0.39, 0.29) is 5.91 Å². The number of carbonyl (C=O) groups is 1. The number of rotatable bonds is 3. The summed E-state index contributed by atoms with van der Waals surface area (Å²) in [5, 5.41) is 6.96. The summed E-state index contributed by atoms with van der Waals surface area (Å²) in [6.07, 6.45) is 3.79. The second-order valence-electron chi connectivity index (χ2n) is 4.18. The van der Waals surface area contributed by atoms with Crippen LogP contribution in [-0.4, -0.2) is 11.4 Å². The van der Waals surface area contributed by atoms with Gasteiger partial charge in [-0.3, -0.25) is 4.79 Å². The Bertz CT molecular complexity index is 328. The molecular formula is C11H16N2OS. The third-order valence-corrected chi connectivity index (χ3v) is 3.71. The van der Waals surface area contributed by atoms with E-state index in [0.717, 1.165) is 31.2 Å². The topological polar surface area (TPSA) is 55.1 Å². The van der Waals surface area contributed by atoms with E-state index < -0.39 is 5.54 Å². The minimum Gasteiger partial charge on any atom is -0.350 e. The van der Waals surface area contributed by atoms with Crippen LogP contribution < -0.4 is 11.1 Å². The van der Waals surface area contributed by atoms with Gasteiger partial charge in [0, 0.05) is 6.54 Å². The number of hydrogen-bond donors (Lipinski definition) is 2. The molecule has 0 atom stereocenters. The molecule has 1 heterocycles. The van der Waals surface area contributed by atoms with Crippen LogP contribution in [-0.2, 0) is 11.3 Å². The number of nitrogens with two attached hydrogens (primary N) is 1. The molecule has 0 spiro atoms. The molecule has 1 amide bonds. The molecule has 0 radical (unpaired) electrons. The van der Waals surface area contributed by atoms with Gasteiger partial charge in [0.2, 0.25) is 5.91 Å². The van der Waals surface area contributed by atoms with Crippen molar-refractivity contribution in [1.82, 2.24) is 5.32 Å². The molecule has 0 aliphatic heterocycles. The Morgan fingerprint density at radius 3 is 2.87 bits per heavy atom. The van der Waals surface area contributed by atoms with Gasteiger partial charge in [-0.15, -0.1) is 0 Å². The molecule has 1 aliphatic carbocycles. The second-order valence-corrected chi connectivity index (χ2v) is 4.96. The number of nitrogens with one attached hydrogen (secondary N) is 1. The van der Waals surface area contributed by atoms with Crippen LogP contribution in [0.2, 0.25) is 0 Å². The maximum Gasteiger partial charge on any atom is 0.240 e. The fourth-order valence-electron chi connectivity index (χ4n) is 1.98. The molecule has 1 fully saturated rings. The molecular weight excluding hydrogens is 208 g/mol. The van der Waals surface area contributed by atoms with Gasteiger partial charge in [-0.2, -0.15) is 11.3 Å². The molecule has 3 nitrogen and oxygen atoms in total. The summed E-state index contributed by atoms with van der Waals surface area (Å²) in [4.78, 5) is 11.8. The molecule has 3 N–H and O–H groups in total. The van der Waals surface area contributed by atoms with E-state index in [9.17, 15) is 4.79 Å². The van der Waals surface area contributed by atoms with Crippen LogP contribution in [0.5, 0.6) is 0 Å². The highest BCUT2D eigenvalue weighted by atomic mass is 32.1. The minimum absolute atomic E-state index is 0.00574. The molecule has 1 aliphatic rings. The van der Waals surface area contributed by atoms with Crippen LogP contribution in [0.15, 0.2) is 16.8 Å². The van der Waals surface area contributed by atoms with Crippen LogP contribution in [0, 0.1) is 0 Å². The lowest BCUT2D eigenvalue weighted by Crippen LogP contribution is -2.51. The maximum absolute atomic E-state index is 11.8. The number of thiophene rings is 1.